The van der Waals surface area contributed by atoms with E-state index in [1.807, 2.05) is 0 Å². The molecule has 2 rings (SSSR count). The molecule has 1 aromatic carbocycles. The van der Waals surface area contributed by atoms with Gasteiger partial charge in [-0.3, -0.25) is 9.59 Å². The minimum absolute atomic E-state index is 0.196. The number of thiophene rings is 1. The number of benzene rings is 1. The number of primary amides is 1. The number of anilines is 1. The molecule has 6 nitrogen and oxygen atoms in total. The molecule has 0 aliphatic carbocycles. The SMILES string of the molecule is C[C@@H](OC(=O)/C=C/c1ccc(Cl)c(Cl)c1)C(=O)Nc1sccc1C(N)=O. The van der Waals surface area contributed by atoms with E-state index in [4.69, 9.17) is 33.7 Å². The molecule has 9 heteroatoms. The second kappa shape index (κ2) is 8.84. The maximum absolute atomic E-state index is 12.1. The van der Waals surface area contributed by atoms with Crippen LogP contribution in [0.5, 0.6) is 0 Å². The van der Waals surface area contributed by atoms with Gasteiger partial charge in [0.2, 0.25) is 0 Å². The van der Waals surface area contributed by atoms with Crippen molar-refractivity contribution in [2.75, 3.05) is 5.32 Å². The van der Waals surface area contributed by atoms with Crippen LogP contribution >= 0.6 is 34.5 Å². The van der Waals surface area contributed by atoms with Crippen LogP contribution in [0.15, 0.2) is 35.7 Å². The van der Waals surface area contributed by atoms with Gasteiger partial charge >= 0.3 is 5.97 Å². The number of carbonyl (C=O) groups is 3. The van der Waals surface area contributed by atoms with Gasteiger partial charge in [0.15, 0.2) is 6.10 Å². The van der Waals surface area contributed by atoms with E-state index in [0.29, 0.717) is 20.6 Å². The first-order valence-corrected chi connectivity index (χ1v) is 8.93. The Morgan fingerprint density at radius 2 is 1.96 bits per heavy atom. The summed E-state index contributed by atoms with van der Waals surface area (Å²) in [5.41, 5.74) is 6.06. The number of nitrogens with one attached hydrogen (secondary N) is 1. The lowest BCUT2D eigenvalue weighted by atomic mass is 10.2. The molecule has 0 unspecified atom stereocenters. The number of nitrogens with two attached hydrogens (primary N) is 1. The Balaban J connectivity index is 1.94. The van der Waals surface area contributed by atoms with Crippen molar-refractivity contribution in [2.45, 2.75) is 13.0 Å². The molecule has 1 aromatic heterocycles. The molecule has 0 spiro atoms. The van der Waals surface area contributed by atoms with Crippen molar-refractivity contribution in [3.63, 3.8) is 0 Å². The Bertz CT molecular complexity index is 879. The topological polar surface area (TPSA) is 98.5 Å². The lowest BCUT2D eigenvalue weighted by Crippen LogP contribution is -2.29. The molecule has 0 aliphatic rings. The third kappa shape index (κ3) is 5.32. The van der Waals surface area contributed by atoms with Gasteiger partial charge in [0.25, 0.3) is 11.8 Å². The van der Waals surface area contributed by atoms with Gasteiger partial charge in [0.1, 0.15) is 5.00 Å². The molecule has 1 atom stereocenters. The number of amides is 2. The summed E-state index contributed by atoms with van der Waals surface area (Å²) in [5, 5.41) is 5.19. The van der Waals surface area contributed by atoms with Crippen LogP contribution in [-0.2, 0) is 14.3 Å². The van der Waals surface area contributed by atoms with Crippen molar-refractivity contribution in [3.8, 4) is 0 Å². The molecule has 0 fully saturated rings. The highest BCUT2D eigenvalue weighted by atomic mass is 35.5. The highest BCUT2D eigenvalue weighted by molar-refractivity contribution is 7.14. The van der Waals surface area contributed by atoms with Gasteiger partial charge in [-0.15, -0.1) is 11.3 Å². The molecule has 0 saturated carbocycles. The standard InChI is InChI=1S/C17H14Cl2N2O4S/c1-9(16(24)21-17-11(15(20)23)6-7-26-17)25-14(22)5-3-10-2-4-12(18)13(19)8-10/h2-9H,1H3,(H2,20,23)(H,21,24)/b5-3+/t9-/m1/s1. The van der Waals surface area contributed by atoms with Crippen molar-refractivity contribution in [3.05, 3.63) is 56.9 Å². The van der Waals surface area contributed by atoms with Gasteiger partial charge in [0.05, 0.1) is 15.6 Å². The smallest absolute Gasteiger partial charge is 0.331 e. The highest BCUT2D eigenvalue weighted by Gasteiger charge is 2.19. The van der Waals surface area contributed by atoms with Crippen molar-refractivity contribution >= 4 is 63.4 Å². The van der Waals surface area contributed by atoms with Crippen LogP contribution in [0.4, 0.5) is 5.00 Å². The summed E-state index contributed by atoms with van der Waals surface area (Å²) in [6.07, 6.45) is 1.59. The summed E-state index contributed by atoms with van der Waals surface area (Å²) in [6.45, 7) is 1.41. The van der Waals surface area contributed by atoms with E-state index in [2.05, 4.69) is 5.32 Å². The fraction of sp³-hybridized carbons (Fsp3) is 0.118. The van der Waals surface area contributed by atoms with Gasteiger partial charge in [-0.1, -0.05) is 29.3 Å². The first kappa shape index (κ1) is 20.0. The van der Waals surface area contributed by atoms with Crippen molar-refractivity contribution in [1.82, 2.24) is 0 Å². The van der Waals surface area contributed by atoms with E-state index in [1.54, 1.807) is 23.6 Å². The average molecular weight is 413 g/mol. The summed E-state index contributed by atoms with van der Waals surface area (Å²) in [6, 6.07) is 6.36. The first-order chi connectivity index (χ1) is 12.3. The van der Waals surface area contributed by atoms with Crippen LogP contribution < -0.4 is 11.1 Å². The number of carbonyl (C=O) groups excluding carboxylic acids is 3. The Labute approximate surface area is 163 Å². The normalized spacial score (nSPS) is 12.0. The summed E-state index contributed by atoms with van der Waals surface area (Å²) < 4.78 is 5.03. The predicted octanol–water partition coefficient (Wildman–Crippen LogP) is 3.74. The maximum atomic E-state index is 12.1. The Morgan fingerprint density at radius 1 is 1.23 bits per heavy atom. The number of rotatable bonds is 6. The molecule has 0 aliphatic heterocycles. The zero-order valence-electron chi connectivity index (χ0n) is 13.5. The minimum Gasteiger partial charge on any atom is -0.449 e. The van der Waals surface area contributed by atoms with Crippen molar-refractivity contribution < 1.29 is 19.1 Å². The molecule has 2 amide bonds. The third-order valence-electron chi connectivity index (χ3n) is 3.19. The van der Waals surface area contributed by atoms with Crippen LogP contribution in [0.2, 0.25) is 10.0 Å². The van der Waals surface area contributed by atoms with Crippen molar-refractivity contribution in [1.29, 1.82) is 0 Å². The molecule has 0 radical (unpaired) electrons. The van der Waals surface area contributed by atoms with Gasteiger partial charge in [-0.2, -0.15) is 0 Å². The number of ether oxygens (including phenoxy) is 1. The fourth-order valence-electron chi connectivity index (χ4n) is 1.86. The monoisotopic (exact) mass is 412 g/mol. The molecule has 2 aromatic rings. The molecule has 26 heavy (non-hydrogen) atoms. The lowest BCUT2D eigenvalue weighted by molar-refractivity contribution is -0.148. The second-order valence-corrected chi connectivity index (χ2v) is 6.83. The molecular formula is C17H14Cl2N2O4S. The lowest BCUT2D eigenvalue weighted by Gasteiger charge is -2.12. The number of hydrogen-bond acceptors (Lipinski definition) is 5. The molecule has 3 N–H and O–H groups in total. The van der Waals surface area contributed by atoms with Gasteiger partial charge in [-0.05, 0) is 42.1 Å². The predicted molar refractivity (Wildman–Crippen MR) is 103 cm³/mol. The van der Waals surface area contributed by atoms with E-state index in [0.717, 1.165) is 11.3 Å². The largest absolute Gasteiger partial charge is 0.449 e. The summed E-state index contributed by atoms with van der Waals surface area (Å²) in [5.74, 6) is -1.94. The molecule has 136 valence electrons. The Hall–Kier alpha value is -2.35. The first-order valence-electron chi connectivity index (χ1n) is 7.30. The molecule has 1 heterocycles. The molecule has 0 bridgehead atoms. The van der Waals surface area contributed by atoms with E-state index >= 15 is 0 Å². The average Bonchev–Trinajstić information content (AvgIpc) is 3.04. The second-order valence-electron chi connectivity index (χ2n) is 5.10. The summed E-state index contributed by atoms with van der Waals surface area (Å²) in [7, 11) is 0. The Kier molecular flexibility index (Phi) is 6.79. The van der Waals surface area contributed by atoms with Crippen molar-refractivity contribution in [2.24, 2.45) is 5.73 Å². The maximum Gasteiger partial charge on any atom is 0.331 e. The van der Waals surface area contributed by atoms with Gasteiger partial charge in [0, 0.05) is 6.08 Å². The minimum atomic E-state index is -1.07. The summed E-state index contributed by atoms with van der Waals surface area (Å²) in [4.78, 5) is 35.2. The zero-order chi connectivity index (χ0) is 19.3. The van der Waals surface area contributed by atoms with Gasteiger partial charge < -0.3 is 15.8 Å². The van der Waals surface area contributed by atoms with Crippen LogP contribution in [0, 0.1) is 0 Å². The number of hydrogen-bond donors (Lipinski definition) is 2. The highest BCUT2D eigenvalue weighted by Crippen LogP contribution is 2.24. The fourth-order valence-corrected chi connectivity index (χ4v) is 2.96. The van der Waals surface area contributed by atoms with E-state index < -0.39 is 23.9 Å². The number of esters is 1. The quantitative estimate of drug-likeness (QED) is 0.557. The molecular weight excluding hydrogens is 399 g/mol. The van der Waals surface area contributed by atoms with Crippen LogP contribution in [-0.4, -0.2) is 23.9 Å². The zero-order valence-corrected chi connectivity index (χ0v) is 15.8. The van der Waals surface area contributed by atoms with Crippen LogP contribution in [0.3, 0.4) is 0 Å². The van der Waals surface area contributed by atoms with E-state index in [9.17, 15) is 14.4 Å². The number of halogens is 2. The van der Waals surface area contributed by atoms with Crippen LogP contribution in [0.25, 0.3) is 6.08 Å². The summed E-state index contributed by atoms with van der Waals surface area (Å²) >= 11 is 12.8. The van der Waals surface area contributed by atoms with Crippen LogP contribution in [0.1, 0.15) is 22.8 Å². The molecule has 0 saturated heterocycles. The Morgan fingerprint density at radius 3 is 2.62 bits per heavy atom. The third-order valence-corrected chi connectivity index (χ3v) is 4.75. The van der Waals surface area contributed by atoms with E-state index in [-0.39, 0.29) is 5.56 Å². The van der Waals surface area contributed by atoms with E-state index in [1.165, 1.54) is 25.1 Å². The van der Waals surface area contributed by atoms with Gasteiger partial charge in [-0.25, -0.2) is 4.79 Å².